The van der Waals surface area contributed by atoms with E-state index in [1.807, 2.05) is 0 Å². The summed E-state index contributed by atoms with van der Waals surface area (Å²) in [6.07, 6.45) is -10.2. The van der Waals surface area contributed by atoms with E-state index in [1.54, 1.807) is 62.4 Å². The Balaban J connectivity index is 1.89. The van der Waals surface area contributed by atoms with Gasteiger partial charge in [-0.1, -0.05) is 51.0 Å². The summed E-state index contributed by atoms with van der Waals surface area (Å²) >= 11 is 0. The average Bonchev–Trinajstić information content (AvgIpc) is 2.93. The highest BCUT2D eigenvalue weighted by molar-refractivity contribution is 5.53. The smallest absolute Gasteiger partial charge is 0.411 e. The van der Waals surface area contributed by atoms with Gasteiger partial charge < -0.3 is 20.9 Å². The van der Waals surface area contributed by atoms with Crippen LogP contribution in [0.4, 0.5) is 37.7 Å². The number of nitrogen functional groups attached to an aromatic ring is 2. The van der Waals surface area contributed by atoms with Crippen molar-refractivity contribution in [1.29, 1.82) is 0 Å². The minimum Gasteiger partial charge on any atom is -0.457 e. The number of halogens is 6. The normalized spacial score (nSPS) is 12.3. The van der Waals surface area contributed by atoms with Crippen molar-refractivity contribution in [2.45, 2.75) is 57.3 Å². The van der Waals surface area contributed by atoms with Crippen LogP contribution in [0.5, 0.6) is 23.0 Å². The summed E-state index contributed by atoms with van der Waals surface area (Å²) in [6, 6.07) is 18.5. The molecule has 0 bridgehead atoms. The Morgan fingerprint density at radius 3 is 1.19 bits per heavy atom. The second-order valence-corrected chi connectivity index (χ2v) is 10.2. The maximum Gasteiger partial charge on any atom is 0.411 e. The van der Waals surface area contributed by atoms with E-state index in [9.17, 15) is 0 Å². The molecule has 0 aliphatic carbocycles. The predicted octanol–water partition coefficient (Wildman–Crippen LogP) is 9.75. The van der Waals surface area contributed by atoms with Crippen molar-refractivity contribution in [3.05, 3.63) is 107 Å². The molecular weight excluding hydrogens is 570 g/mol. The predicted molar refractivity (Wildman–Crippen MR) is 156 cm³/mol. The van der Waals surface area contributed by atoms with Crippen LogP contribution in [0.15, 0.2) is 84.9 Å². The minimum atomic E-state index is -5.74. The highest BCUT2D eigenvalue weighted by Gasteiger charge is 2.72. The molecule has 228 valence electrons. The summed E-state index contributed by atoms with van der Waals surface area (Å²) in [6.45, 7) is 3.55. The fraction of sp³-hybridized carbons (Fsp3) is 0.273. The molecule has 0 aliphatic rings. The lowest BCUT2D eigenvalue weighted by molar-refractivity contribution is -0.288. The monoisotopic (exact) mass is 602 g/mol. The van der Waals surface area contributed by atoms with Crippen molar-refractivity contribution in [3.63, 3.8) is 0 Å². The van der Waals surface area contributed by atoms with Crippen LogP contribution in [0.25, 0.3) is 0 Å². The van der Waals surface area contributed by atoms with Crippen LogP contribution in [-0.4, -0.2) is 12.4 Å². The van der Waals surface area contributed by atoms with Crippen LogP contribution in [0.3, 0.4) is 0 Å². The molecule has 0 unspecified atom stereocenters. The topological polar surface area (TPSA) is 70.5 Å². The standard InChI is InChI=1S/C33H32F6N2O2/c1-3-5-21-19-23(7-17-29(21)42-27-13-9-25(40)10-14-27)31(32(34,35)36,33(37,38)39)24-8-18-30(22(20-24)6-4-2)43-28-15-11-26(41)12-16-28/h7-20H,3-6,40-41H2,1-2H3. The summed E-state index contributed by atoms with van der Waals surface area (Å²) in [5.74, 6) is 1.01. The Morgan fingerprint density at radius 2 is 0.884 bits per heavy atom. The SMILES string of the molecule is CCCc1cc(C(c2ccc(Oc3ccc(N)cc3)c(CCC)c2)(C(F)(F)F)C(F)(F)F)ccc1Oc1ccc(N)cc1. The molecule has 0 atom stereocenters. The van der Waals surface area contributed by atoms with Gasteiger partial charge in [-0.25, -0.2) is 0 Å². The van der Waals surface area contributed by atoms with Crippen LogP contribution in [0, 0.1) is 0 Å². The number of rotatable bonds is 10. The zero-order chi connectivity index (χ0) is 31.4. The third kappa shape index (κ3) is 6.53. The van der Waals surface area contributed by atoms with Gasteiger partial charge in [-0.2, -0.15) is 26.3 Å². The lowest BCUT2D eigenvalue weighted by atomic mass is 9.71. The Labute approximate surface area is 246 Å². The maximum atomic E-state index is 15.0. The Bertz CT molecular complexity index is 1410. The first-order valence-electron chi connectivity index (χ1n) is 13.8. The van der Waals surface area contributed by atoms with Gasteiger partial charge >= 0.3 is 12.4 Å². The molecule has 4 rings (SSSR count). The molecule has 0 spiro atoms. The van der Waals surface area contributed by atoms with Crippen molar-refractivity contribution in [1.82, 2.24) is 0 Å². The Kier molecular flexibility index (Phi) is 9.18. The third-order valence-corrected chi connectivity index (χ3v) is 7.09. The van der Waals surface area contributed by atoms with Crippen LogP contribution in [-0.2, 0) is 18.3 Å². The average molecular weight is 603 g/mol. The molecule has 4 aromatic carbocycles. The molecule has 0 fully saturated rings. The van der Waals surface area contributed by atoms with Crippen LogP contribution in [0.1, 0.15) is 48.9 Å². The zero-order valence-electron chi connectivity index (χ0n) is 23.7. The lowest BCUT2D eigenvalue weighted by Crippen LogP contribution is -2.54. The summed E-state index contributed by atoms with van der Waals surface area (Å²) in [5.41, 5.74) is 6.58. The first-order chi connectivity index (χ1) is 20.3. The zero-order valence-corrected chi connectivity index (χ0v) is 23.7. The van der Waals surface area contributed by atoms with Gasteiger partial charge in [0.2, 0.25) is 5.41 Å². The Morgan fingerprint density at radius 1 is 0.535 bits per heavy atom. The molecule has 0 saturated carbocycles. The van der Waals surface area contributed by atoms with Gasteiger partial charge in [-0.05, 0) is 95.8 Å². The Hall–Kier alpha value is -4.34. The molecule has 10 heteroatoms. The van der Waals surface area contributed by atoms with Gasteiger partial charge in [0.15, 0.2) is 0 Å². The largest absolute Gasteiger partial charge is 0.457 e. The van der Waals surface area contributed by atoms with E-state index in [0.717, 1.165) is 36.4 Å². The second kappa shape index (κ2) is 12.5. The summed E-state index contributed by atoms with van der Waals surface area (Å²) in [5, 5.41) is 0. The van der Waals surface area contributed by atoms with Crippen LogP contribution in [0.2, 0.25) is 0 Å². The van der Waals surface area contributed by atoms with Crippen molar-refractivity contribution < 1.29 is 35.8 Å². The fourth-order valence-corrected chi connectivity index (χ4v) is 5.06. The van der Waals surface area contributed by atoms with Gasteiger partial charge in [-0.15, -0.1) is 0 Å². The second-order valence-electron chi connectivity index (χ2n) is 10.2. The van der Waals surface area contributed by atoms with Gasteiger partial charge in [-0.3, -0.25) is 0 Å². The molecule has 0 aromatic heterocycles. The maximum absolute atomic E-state index is 15.0. The van der Waals surface area contributed by atoms with Crippen molar-refractivity contribution in [3.8, 4) is 23.0 Å². The van der Waals surface area contributed by atoms with E-state index in [0.29, 0.717) is 35.7 Å². The van der Waals surface area contributed by atoms with E-state index in [4.69, 9.17) is 20.9 Å². The minimum absolute atomic E-state index is 0.160. The summed E-state index contributed by atoms with van der Waals surface area (Å²) in [7, 11) is 0. The molecule has 0 aliphatic heterocycles. The number of anilines is 2. The molecule has 4 N–H and O–H groups in total. The van der Waals surface area contributed by atoms with Crippen molar-refractivity contribution in [2.75, 3.05) is 11.5 Å². The van der Waals surface area contributed by atoms with E-state index >= 15 is 26.3 Å². The third-order valence-electron chi connectivity index (χ3n) is 7.09. The lowest BCUT2D eigenvalue weighted by Gasteiger charge is -2.39. The fourth-order valence-electron chi connectivity index (χ4n) is 5.06. The number of benzene rings is 4. The number of hydrogen-bond acceptors (Lipinski definition) is 4. The van der Waals surface area contributed by atoms with Gasteiger partial charge in [0.05, 0.1) is 0 Å². The molecular formula is C33H32F6N2O2. The van der Waals surface area contributed by atoms with E-state index in [-0.39, 0.29) is 35.5 Å². The summed E-state index contributed by atoms with van der Waals surface area (Å²) < 4.78 is 102. The number of alkyl halides is 6. The van der Waals surface area contributed by atoms with Gasteiger partial charge in [0, 0.05) is 11.4 Å². The molecule has 43 heavy (non-hydrogen) atoms. The molecule has 4 aromatic rings. The molecule has 4 nitrogen and oxygen atoms in total. The molecule has 0 heterocycles. The highest BCUT2D eigenvalue weighted by Crippen LogP contribution is 2.57. The molecule has 0 radical (unpaired) electrons. The molecule has 0 saturated heterocycles. The van der Waals surface area contributed by atoms with E-state index in [1.165, 1.54) is 0 Å². The van der Waals surface area contributed by atoms with Gasteiger partial charge in [0.25, 0.3) is 0 Å². The highest BCUT2D eigenvalue weighted by atomic mass is 19.4. The van der Waals surface area contributed by atoms with Gasteiger partial charge in [0.1, 0.15) is 23.0 Å². The van der Waals surface area contributed by atoms with Crippen LogP contribution < -0.4 is 20.9 Å². The van der Waals surface area contributed by atoms with Crippen LogP contribution >= 0.6 is 0 Å². The first kappa shape index (κ1) is 31.6. The molecule has 0 amide bonds. The van der Waals surface area contributed by atoms with E-state index < -0.39 is 28.9 Å². The van der Waals surface area contributed by atoms with Crippen molar-refractivity contribution in [2.24, 2.45) is 0 Å². The quantitative estimate of drug-likeness (QED) is 0.140. The number of aryl methyl sites for hydroxylation is 2. The number of nitrogens with two attached hydrogens (primary N) is 2. The first-order valence-corrected chi connectivity index (χ1v) is 13.8. The van der Waals surface area contributed by atoms with E-state index in [2.05, 4.69) is 0 Å². The number of ether oxygens (including phenoxy) is 2. The number of hydrogen-bond donors (Lipinski definition) is 2. The van der Waals surface area contributed by atoms with Crippen molar-refractivity contribution >= 4 is 11.4 Å². The summed E-state index contributed by atoms with van der Waals surface area (Å²) in [4.78, 5) is 0.